The first-order chi connectivity index (χ1) is 22.6. The smallest absolute Gasteiger partial charge is 0.491 e. The lowest BCUT2D eigenvalue weighted by atomic mass is 9.96. The summed E-state index contributed by atoms with van der Waals surface area (Å²) in [7, 11) is 0. The molecule has 0 saturated heterocycles. The summed E-state index contributed by atoms with van der Waals surface area (Å²) in [6, 6.07) is 20.7. The van der Waals surface area contributed by atoms with E-state index in [1.807, 2.05) is 6.07 Å². The summed E-state index contributed by atoms with van der Waals surface area (Å²) in [5.41, 5.74) is 2.14. The predicted octanol–water partition coefficient (Wildman–Crippen LogP) is 6.89. The molecular formula is C35H36F3NO8. The van der Waals surface area contributed by atoms with Crippen LogP contribution in [0.25, 0.3) is 0 Å². The first kappa shape index (κ1) is 35.0. The molecule has 0 radical (unpaired) electrons. The first-order valence-corrected chi connectivity index (χ1v) is 15.4. The van der Waals surface area contributed by atoms with E-state index < -0.39 is 30.6 Å². The summed E-state index contributed by atoms with van der Waals surface area (Å²) < 4.78 is 58.2. The molecule has 3 aromatic rings. The molecule has 250 valence electrons. The minimum Gasteiger partial charge on any atom is -0.493 e. The summed E-state index contributed by atoms with van der Waals surface area (Å²) in [5.74, 6) is -2.94. The van der Waals surface area contributed by atoms with Crippen LogP contribution in [0.3, 0.4) is 0 Å². The average Bonchev–Trinajstić information content (AvgIpc) is 3.07. The van der Waals surface area contributed by atoms with E-state index in [0.29, 0.717) is 46.8 Å². The molecule has 1 N–H and O–H groups in total. The Bertz CT molecular complexity index is 1500. The molecule has 0 bridgehead atoms. The van der Waals surface area contributed by atoms with Crippen LogP contribution in [-0.4, -0.2) is 49.2 Å². The van der Waals surface area contributed by atoms with Crippen LogP contribution in [0.4, 0.5) is 18.0 Å². The number of aryl methyl sites for hydroxylation is 1. The lowest BCUT2D eigenvalue weighted by Gasteiger charge is -2.22. The zero-order valence-corrected chi connectivity index (χ0v) is 25.7. The molecule has 0 aromatic heterocycles. The SMILES string of the molecule is O=C(CCc1ccc(OCCCOc2ccc(C(=O)c3ccccc3)cc2)cc1COC(=O)NC1CCCCC1)OC(=O)C(F)(F)F. The van der Waals surface area contributed by atoms with Crippen LogP contribution >= 0.6 is 0 Å². The third-order valence-electron chi connectivity index (χ3n) is 7.48. The number of carbonyl (C=O) groups is 4. The van der Waals surface area contributed by atoms with E-state index in [0.717, 1.165) is 32.1 Å². The molecule has 9 nitrogen and oxygen atoms in total. The minimum absolute atomic E-state index is 0.0308. The molecule has 0 unspecified atom stereocenters. The number of rotatable bonds is 14. The van der Waals surface area contributed by atoms with Crippen LogP contribution in [0.2, 0.25) is 0 Å². The van der Waals surface area contributed by atoms with Gasteiger partial charge in [0.05, 0.1) is 19.6 Å². The highest BCUT2D eigenvalue weighted by Gasteiger charge is 2.42. The van der Waals surface area contributed by atoms with Gasteiger partial charge in [0.25, 0.3) is 0 Å². The highest BCUT2D eigenvalue weighted by molar-refractivity contribution is 6.09. The summed E-state index contributed by atoms with van der Waals surface area (Å²) >= 11 is 0. The lowest BCUT2D eigenvalue weighted by molar-refractivity contribution is -0.201. The third kappa shape index (κ3) is 11.5. The molecule has 0 aliphatic heterocycles. The van der Waals surface area contributed by atoms with Crippen LogP contribution in [0.1, 0.15) is 72.0 Å². The van der Waals surface area contributed by atoms with Crippen molar-refractivity contribution in [1.29, 1.82) is 0 Å². The molecule has 1 fully saturated rings. The Morgan fingerprint density at radius 1 is 0.766 bits per heavy atom. The molecule has 0 atom stereocenters. The Hall–Kier alpha value is -4.87. The number of esters is 2. The van der Waals surface area contributed by atoms with Gasteiger partial charge in [-0.1, -0.05) is 55.7 Å². The van der Waals surface area contributed by atoms with E-state index in [4.69, 9.17) is 14.2 Å². The van der Waals surface area contributed by atoms with Gasteiger partial charge in [0.1, 0.15) is 18.1 Å². The van der Waals surface area contributed by atoms with Crippen molar-refractivity contribution in [2.45, 2.75) is 70.2 Å². The van der Waals surface area contributed by atoms with Gasteiger partial charge in [-0.15, -0.1) is 0 Å². The van der Waals surface area contributed by atoms with Gasteiger partial charge in [-0.3, -0.25) is 9.59 Å². The zero-order chi connectivity index (χ0) is 33.6. The molecule has 0 spiro atoms. The van der Waals surface area contributed by atoms with Gasteiger partial charge in [-0.25, -0.2) is 9.59 Å². The molecule has 1 aliphatic carbocycles. The highest BCUT2D eigenvalue weighted by atomic mass is 19.4. The number of hydrogen-bond acceptors (Lipinski definition) is 8. The van der Waals surface area contributed by atoms with Crippen molar-refractivity contribution in [2.75, 3.05) is 13.2 Å². The van der Waals surface area contributed by atoms with Gasteiger partial charge in [0, 0.05) is 23.6 Å². The molecule has 4 rings (SSSR count). The lowest BCUT2D eigenvalue weighted by Crippen LogP contribution is -2.36. The second-order valence-electron chi connectivity index (χ2n) is 11.0. The number of hydrogen-bond donors (Lipinski definition) is 1. The fraction of sp³-hybridized carbons (Fsp3) is 0.371. The van der Waals surface area contributed by atoms with E-state index in [1.54, 1.807) is 66.7 Å². The van der Waals surface area contributed by atoms with Crippen LogP contribution in [0, 0.1) is 0 Å². The van der Waals surface area contributed by atoms with Crippen molar-refractivity contribution in [3.05, 3.63) is 95.1 Å². The molecule has 1 amide bonds. The molecule has 12 heteroatoms. The summed E-state index contributed by atoms with van der Waals surface area (Å²) in [5, 5.41) is 2.85. The van der Waals surface area contributed by atoms with Gasteiger partial charge in [-0.05, 0) is 66.8 Å². The van der Waals surface area contributed by atoms with Crippen LogP contribution in [0.15, 0.2) is 72.8 Å². The Morgan fingerprint density at radius 2 is 1.40 bits per heavy atom. The summed E-state index contributed by atoms with van der Waals surface area (Å²) in [6.45, 7) is 0.436. The second-order valence-corrected chi connectivity index (χ2v) is 11.0. The number of ether oxygens (including phenoxy) is 4. The number of benzene rings is 3. The van der Waals surface area contributed by atoms with E-state index in [2.05, 4.69) is 10.1 Å². The summed E-state index contributed by atoms with van der Waals surface area (Å²) in [6.07, 6.45) is -1.02. The van der Waals surface area contributed by atoms with Crippen molar-refractivity contribution in [1.82, 2.24) is 5.32 Å². The average molecular weight is 656 g/mol. The van der Waals surface area contributed by atoms with E-state index in [1.165, 1.54) is 0 Å². The van der Waals surface area contributed by atoms with Crippen molar-refractivity contribution >= 4 is 23.8 Å². The van der Waals surface area contributed by atoms with Crippen molar-refractivity contribution in [2.24, 2.45) is 0 Å². The van der Waals surface area contributed by atoms with Gasteiger partial charge < -0.3 is 24.3 Å². The number of halogens is 3. The first-order valence-electron chi connectivity index (χ1n) is 15.4. The number of carbonyl (C=O) groups excluding carboxylic acids is 4. The predicted molar refractivity (Wildman–Crippen MR) is 164 cm³/mol. The van der Waals surface area contributed by atoms with Gasteiger partial charge >= 0.3 is 24.2 Å². The molecule has 1 saturated carbocycles. The van der Waals surface area contributed by atoms with Crippen LogP contribution in [0.5, 0.6) is 11.5 Å². The van der Waals surface area contributed by atoms with Gasteiger partial charge in [0.15, 0.2) is 5.78 Å². The molecule has 3 aromatic carbocycles. The van der Waals surface area contributed by atoms with Gasteiger partial charge in [0.2, 0.25) is 0 Å². The van der Waals surface area contributed by atoms with Crippen LogP contribution < -0.4 is 14.8 Å². The number of ketones is 1. The van der Waals surface area contributed by atoms with E-state index in [-0.39, 0.29) is 31.5 Å². The Labute approximate surface area is 270 Å². The fourth-order valence-corrected chi connectivity index (χ4v) is 5.02. The molecule has 47 heavy (non-hydrogen) atoms. The largest absolute Gasteiger partial charge is 0.493 e. The number of alkyl carbamates (subject to hydrolysis) is 1. The number of nitrogens with one attached hydrogen (secondary N) is 1. The van der Waals surface area contributed by atoms with Crippen molar-refractivity contribution in [3.63, 3.8) is 0 Å². The van der Waals surface area contributed by atoms with Crippen molar-refractivity contribution < 1.29 is 51.3 Å². The molecular weight excluding hydrogens is 619 g/mol. The topological polar surface area (TPSA) is 117 Å². The normalized spacial score (nSPS) is 13.3. The highest BCUT2D eigenvalue weighted by Crippen LogP contribution is 2.23. The maximum atomic E-state index is 12.6. The third-order valence-corrected chi connectivity index (χ3v) is 7.48. The Balaban J connectivity index is 1.28. The molecule has 1 aliphatic rings. The standard InChI is InChI=1S/C35H36F3NO8/c36-35(37,38)33(42)47-31(40)19-15-24-12-18-30(22-27(24)23-46-34(43)39-28-10-5-2-6-11-28)45-21-7-20-44-29-16-13-26(14-17-29)32(41)25-8-3-1-4-9-25/h1,3-4,8-9,12-14,16-18,22,28H,2,5-7,10-11,15,19-21,23H2,(H,39,43). The Morgan fingerprint density at radius 3 is 2.09 bits per heavy atom. The minimum atomic E-state index is -5.28. The fourth-order valence-electron chi connectivity index (χ4n) is 5.02. The van der Waals surface area contributed by atoms with Crippen molar-refractivity contribution in [3.8, 4) is 11.5 Å². The Kier molecular flexibility index (Phi) is 12.8. The monoisotopic (exact) mass is 655 g/mol. The number of alkyl halides is 3. The maximum Gasteiger partial charge on any atom is 0.491 e. The zero-order valence-electron chi connectivity index (χ0n) is 25.7. The number of amides is 1. The van der Waals surface area contributed by atoms with Gasteiger partial charge in [-0.2, -0.15) is 13.2 Å². The maximum absolute atomic E-state index is 12.6. The summed E-state index contributed by atoms with van der Waals surface area (Å²) in [4.78, 5) is 47.8. The quantitative estimate of drug-likeness (QED) is 0.0864. The molecule has 0 heterocycles. The van der Waals surface area contributed by atoms with E-state index in [9.17, 15) is 32.3 Å². The second kappa shape index (κ2) is 17.2. The van der Waals surface area contributed by atoms with Crippen LogP contribution in [-0.2, 0) is 32.1 Å². The van der Waals surface area contributed by atoms with E-state index >= 15 is 0 Å².